The van der Waals surface area contributed by atoms with Gasteiger partial charge in [-0.25, -0.2) is 0 Å². The first-order valence-corrected chi connectivity index (χ1v) is 10.5. The molecule has 7 heteroatoms. The number of hydrogen-bond acceptors (Lipinski definition) is 3. The Morgan fingerprint density at radius 2 is 1.90 bits per heavy atom. The average Bonchev–Trinajstić information content (AvgIpc) is 3.30. The van der Waals surface area contributed by atoms with Crippen molar-refractivity contribution in [3.05, 3.63) is 35.4 Å². The number of hydrogen-bond donors (Lipinski definition) is 1. The van der Waals surface area contributed by atoms with E-state index in [0.29, 0.717) is 0 Å². The maximum Gasteiger partial charge on any atom is 0.251 e. The molecule has 1 aliphatic carbocycles. The number of guanidine groups is 1. The molecule has 2 aliphatic heterocycles. The van der Waals surface area contributed by atoms with Crippen LogP contribution in [0.1, 0.15) is 36.8 Å². The van der Waals surface area contributed by atoms with Crippen molar-refractivity contribution in [1.82, 2.24) is 15.1 Å². The number of amides is 1. The van der Waals surface area contributed by atoms with Crippen LogP contribution in [-0.2, 0) is 14.9 Å². The van der Waals surface area contributed by atoms with Crippen molar-refractivity contribution in [3.8, 4) is 0 Å². The molecular weight excluding hydrogens is 479 g/mol. The van der Waals surface area contributed by atoms with Crippen LogP contribution in [0, 0.1) is 6.92 Å². The molecule has 2 heterocycles. The standard InChI is InChI=1S/C22H32N4O2.HI/c1-17-6-3-4-7-18(17)22(9-10-22)16-24-21(23-2)26-13-11-25(12-14-26)20(27)19-8-5-15-28-19;/h3-4,6-7,19H,5,8-16H2,1-2H3,(H,23,24);1H. The minimum Gasteiger partial charge on any atom is -0.368 e. The predicted molar refractivity (Wildman–Crippen MR) is 126 cm³/mol. The maximum absolute atomic E-state index is 12.5. The number of carbonyl (C=O) groups is 1. The molecule has 160 valence electrons. The average molecular weight is 512 g/mol. The van der Waals surface area contributed by atoms with Crippen molar-refractivity contribution in [2.75, 3.05) is 46.4 Å². The van der Waals surface area contributed by atoms with E-state index in [2.05, 4.69) is 46.4 Å². The number of aliphatic imine (C=N–C) groups is 1. The van der Waals surface area contributed by atoms with E-state index in [1.807, 2.05) is 11.9 Å². The number of halogens is 1. The van der Waals surface area contributed by atoms with Crippen molar-refractivity contribution in [3.63, 3.8) is 0 Å². The molecule has 1 N–H and O–H groups in total. The highest BCUT2D eigenvalue weighted by molar-refractivity contribution is 14.0. The van der Waals surface area contributed by atoms with E-state index in [0.717, 1.165) is 58.1 Å². The molecule has 1 amide bonds. The maximum atomic E-state index is 12.5. The summed E-state index contributed by atoms with van der Waals surface area (Å²) in [7, 11) is 1.85. The third kappa shape index (κ3) is 4.87. The Morgan fingerprint density at radius 3 is 2.48 bits per heavy atom. The Morgan fingerprint density at radius 1 is 1.21 bits per heavy atom. The van der Waals surface area contributed by atoms with Crippen molar-refractivity contribution in [2.24, 2.45) is 4.99 Å². The highest BCUT2D eigenvalue weighted by Crippen LogP contribution is 2.48. The van der Waals surface area contributed by atoms with E-state index in [1.54, 1.807) is 0 Å². The molecule has 0 spiro atoms. The number of rotatable bonds is 4. The van der Waals surface area contributed by atoms with Crippen LogP contribution in [0.2, 0.25) is 0 Å². The molecule has 3 fully saturated rings. The smallest absolute Gasteiger partial charge is 0.251 e. The van der Waals surface area contributed by atoms with Crippen LogP contribution in [-0.4, -0.2) is 74.1 Å². The van der Waals surface area contributed by atoms with Crippen LogP contribution in [0.5, 0.6) is 0 Å². The van der Waals surface area contributed by atoms with Crippen molar-refractivity contribution in [1.29, 1.82) is 0 Å². The van der Waals surface area contributed by atoms with Gasteiger partial charge in [0.15, 0.2) is 5.96 Å². The van der Waals surface area contributed by atoms with Crippen molar-refractivity contribution in [2.45, 2.75) is 44.1 Å². The van der Waals surface area contributed by atoms with Crippen LogP contribution >= 0.6 is 24.0 Å². The fourth-order valence-electron chi connectivity index (χ4n) is 4.56. The van der Waals surface area contributed by atoms with Gasteiger partial charge in [0.1, 0.15) is 6.10 Å². The molecule has 1 aromatic rings. The van der Waals surface area contributed by atoms with Gasteiger partial charge in [0.05, 0.1) is 0 Å². The first-order chi connectivity index (χ1) is 13.6. The first kappa shape index (κ1) is 22.3. The lowest BCUT2D eigenvalue weighted by molar-refractivity contribution is -0.142. The van der Waals surface area contributed by atoms with Gasteiger partial charge in [-0.15, -0.1) is 24.0 Å². The Bertz CT molecular complexity index is 736. The molecule has 1 aromatic carbocycles. The second-order valence-corrected chi connectivity index (χ2v) is 8.31. The Hall–Kier alpha value is -1.35. The summed E-state index contributed by atoms with van der Waals surface area (Å²) in [5, 5.41) is 3.61. The largest absolute Gasteiger partial charge is 0.368 e. The monoisotopic (exact) mass is 512 g/mol. The van der Waals surface area contributed by atoms with Crippen LogP contribution in [0.15, 0.2) is 29.3 Å². The van der Waals surface area contributed by atoms with Gasteiger partial charge in [-0.2, -0.15) is 0 Å². The number of aryl methyl sites for hydroxylation is 1. The summed E-state index contributed by atoms with van der Waals surface area (Å²) in [5.74, 6) is 1.11. The Balaban J connectivity index is 0.00000240. The third-order valence-corrected chi connectivity index (χ3v) is 6.46. The van der Waals surface area contributed by atoms with Crippen LogP contribution in [0.25, 0.3) is 0 Å². The Kier molecular flexibility index (Phi) is 7.42. The van der Waals surface area contributed by atoms with Crippen LogP contribution in [0.4, 0.5) is 0 Å². The quantitative estimate of drug-likeness (QED) is 0.383. The number of benzene rings is 1. The van der Waals surface area contributed by atoms with Gasteiger partial charge in [-0.3, -0.25) is 9.79 Å². The van der Waals surface area contributed by atoms with E-state index in [1.165, 1.54) is 24.0 Å². The second kappa shape index (κ2) is 9.64. The van der Waals surface area contributed by atoms with Crippen LogP contribution < -0.4 is 5.32 Å². The van der Waals surface area contributed by atoms with Gasteiger partial charge in [0.25, 0.3) is 5.91 Å². The predicted octanol–water partition coefficient (Wildman–Crippen LogP) is 2.54. The molecule has 4 rings (SSSR count). The molecule has 3 aliphatic rings. The zero-order valence-corrected chi connectivity index (χ0v) is 19.9. The van der Waals surface area contributed by atoms with E-state index >= 15 is 0 Å². The van der Waals surface area contributed by atoms with Gasteiger partial charge in [-0.05, 0) is 43.7 Å². The molecule has 1 atom stereocenters. The molecule has 0 radical (unpaired) electrons. The van der Waals surface area contributed by atoms with Crippen LogP contribution in [0.3, 0.4) is 0 Å². The zero-order chi connectivity index (χ0) is 19.6. The highest BCUT2D eigenvalue weighted by atomic mass is 127. The summed E-state index contributed by atoms with van der Waals surface area (Å²) in [6.45, 7) is 6.94. The molecule has 2 saturated heterocycles. The SMILES string of the molecule is CN=C(NCC1(c2ccccc2C)CC1)N1CCN(C(=O)C2CCCO2)CC1.I. The second-order valence-electron chi connectivity index (χ2n) is 8.31. The summed E-state index contributed by atoms with van der Waals surface area (Å²) in [5.41, 5.74) is 3.08. The molecular formula is C22H33IN4O2. The van der Waals surface area contributed by atoms with Crippen molar-refractivity contribution < 1.29 is 9.53 Å². The lowest BCUT2D eigenvalue weighted by atomic mass is 9.92. The third-order valence-electron chi connectivity index (χ3n) is 6.46. The summed E-state index contributed by atoms with van der Waals surface area (Å²) >= 11 is 0. The zero-order valence-electron chi connectivity index (χ0n) is 17.5. The molecule has 29 heavy (non-hydrogen) atoms. The van der Waals surface area contributed by atoms with Gasteiger partial charge in [0, 0.05) is 51.8 Å². The molecule has 0 bridgehead atoms. The fraction of sp³-hybridized carbons (Fsp3) is 0.636. The molecule has 1 saturated carbocycles. The minimum atomic E-state index is -0.215. The number of carbonyl (C=O) groups excluding carboxylic acids is 1. The minimum absolute atomic E-state index is 0. The first-order valence-electron chi connectivity index (χ1n) is 10.5. The molecule has 1 unspecified atom stereocenters. The number of piperazine rings is 1. The molecule has 6 nitrogen and oxygen atoms in total. The molecule has 0 aromatic heterocycles. The summed E-state index contributed by atoms with van der Waals surface area (Å²) in [6.07, 6.45) is 4.10. The van der Waals surface area contributed by atoms with Gasteiger partial charge in [0.2, 0.25) is 0 Å². The lowest BCUT2D eigenvalue weighted by Crippen LogP contribution is -2.55. The Labute approximate surface area is 191 Å². The van der Waals surface area contributed by atoms with E-state index in [9.17, 15) is 4.79 Å². The fourth-order valence-corrected chi connectivity index (χ4v) is 4.56. The summed E-state index contributed by atoms with van der Waals surface area (Å²) in [6, 6.07) is 8.72. The van der Waals surface area contributed by atoms with E-state index in [-0.39, 0.29) is 41.4 Å². The van der Waals surface area contributed by atoms with Gasteiger partial charge in [-0.1, -0.05) is 24.3 Å². The van der Waals surface area contributed by atoms with Gasteiger partial charge < -0.3 is 19.9 Å². The highest BCUT2D eigenvalue weighted by Gasteiger charge is 2.45. The van der Waals surface area contributed by atoms with Gasteiger partial charge >= 0.3 is 0 Å². The van der Waals surface area contributed by atoms with E-state index in [4.69, 9.17) is 4.74 Å². The number of nitrogens with one attached hydrogen (secondary N) is 1. The topological polar surface area (TPSA) is 57.2 Å². The summed E-state index contributed by atoms with van der Waals surface area (Å²) < 4.78 is 5.56. The number of nitrogens with zero attached hydrogens (tertiary/aromatic N) is 3. The normalized spacial score (nSPS) is 23.5. The number of ether oxygens (including phenoxy) is 1. The summed E-state index contributed by atoms with van der Waals surface area (Å²) in [4.78, 5) is 21.3. The van der Waals surface area contributed by atoms with E-state index < -0.39 is 0 Å². The van der Waals surface area contributed by atoms with Crippen molar-refractivity contribution >= 4 is 35.8 Å². The lowest BCUT2D eigenvalue weighted by Gasteiger charge is -2.37.